The van der Waals surface area contributed by atoms with Gasteiger partial charge in [0, 0.05) is 0 Å². The van der Waals surface area contributed by atoms with Gasteiger partial charge in [-0.15, -0.1) is 0 Å². The fraction of sp³-hybridized carbons (Fsp3) is 0.833. The Hall–Kier alpha value is -1.05. The lowest BCUT2D eigenvalue weighted by molar-refractivity contribution is -0.123. The number of ketones is 1. The molecule has 0 unspecified atom stereocenters. The monoisotopic (exact) mass is 445 g/mol. The van der Waals surface area contributed by atoms with Crippen molar-refractivity contribution in [1.82, 2.24) is 0 Å². The molecule has 0 fully saturated rings. The second kappa shape index (κ2) is 11.4. The summed E-state index contributed by atoms with van der Waals surface area (Å²) in [5.74, 6) is 3.82. The maximum Gasteiger partial charge on any atom is 0.168 e. The van der Waals surface area contributed by atoms with Crippen LogP contribution in [0, 0.1) is 23.2 Å². The highest BCUT2D eigenvalue weighted by Crippen LogP contribution is 2.49. The molecule has 0 N–H and O–H groups in total. The third kappa shape index (κ3) is 6.97. The molecule has 0 radical (unpaired) electrons. The average Bonchev–Trinajstić information content (AvgIpc) is 2.70. The molecule has 1 aliphatic carbocycles. The maximum atomic E-state index is 12.8. The third-order valence-corrected chi connectivity index (χ3v) is 8.37. The first kappa shape index (κ1) is 27.2. The van der Waals surface area contributed by atoms with Gasteiger partial charge in [0.1, 0.15) is 11.4 Å². The fourth-order valence-electron chi connectivity index (χ4n) is 5.69. The van der Waals surface area contributed by atoms with Gasteiger partial charge >= 0.3 is 0 Å². The van der Waals surface area contributed by atoms with Crippen LogP contribution in [0.4, 0.5) is 0 Å². The molecule has 0 bridgehead atoms. The lowest BCUT2D eigenvalue weighted by atomic mass is 9.69. The zero-order valence-corrected chi connectivity index (χ0v) is 22.8. The molecule has 3 atom stereocenters. The molecular weight excluding hydrogens is 393 g/mol. The fourth-order valence-corrected chi connectivity index (χ4v) is 5.69. The summed E-state index contributed by atoms with van der Waals surface area (Å²) >= 11 is 0. The van der Waals surface area contributed by atoms with E-state index in [4.69, 9.17) is 4.74 Å². The maximum absolute atomic E-state index is 12.8. The van der Waals surface area contributed by atoms with E-state index >= 15 is 0 Å². The molecule has 0 spiro atoms. The van der Waals surface area contributed by atoms with Gasteiger partial charge in [-0.05, 0) is 94.8 Å². The molecule has 184 valence electrons. The third-order valence-electron chi connectivity index (χ3n) is 8.37. The van der Waals surface area contributed by atoms with E-state index in [1.54, 1.807) is 0 Å². The highest BCUT2D eigenvalue weighted by Gasteiger charge is 2.45. The smallest absolute Gasteiger partial charge is 0.168 e. The largest absolute Gasteiger partial charge is 0.487 e. The zero-order chi connectivity index (χ0) is 24.1. The summed E-state index contributed by atoms with van der Waals surface area (Å²) in [6, 6.07) is 0. The normalized spacial score (nSPS) is 25.1. The van der Waals surface area contributed by atoms with Crippen LogP contribution in [0.5, 0.6) is 0 Å². The van der Waals surface area contributed by atoms with Crippen LogP contribution in [-0.2, 0) is 9.53 Å². The molecular formula is C30H52O2. The van der Waals surface area contributed by atoms with Gasteiger partial charge in [-0.3, -0.25) is 4.79 Å². The molecule has 0 amide bonds. The van der Waals surface area contributed by atoms with Crippen molar-refractivity contribution in [2.45, 2.75) is 139 Å². The number of hydrogen-bond donors (Lipinski definition) is 0. The molecule has 32 heavy (non-hydrogen) atoms. The van der Waals surface area contributed by atoms with Crippen LogP contribution in [0.2, 0.25) is 0 Å². The minimum absolute atomic E-state index is 0.0957. The van der Waals surface area contributed by atoms with Crippen LogP contribution < -0.4 is 0 Å². The van der Waals surface area contributed by atoms with Crippen LogP contribution in [0.25, 0.3) is 0 Å². The second-order valence-electron chi connectivity index (χ2n) is 12.4. The summed E-state index contributed by atoms with van der Waals surface area (Å²) < 4.78 is 6.66. The number of hydrogen-bond acceptors (Lipinski definition) is 2. The van der Waals surface area contributed by atoms with Gasteiger partial charge in [0.15, 0.2) is 5.78 Å². The van der Waals surface area contributed by atoms with Crippen molar-refractivity contribution in [2.24, 2.45) is 23.2 Å². The van der Waals surface area contributed by atoms with Crippen molar-refractivity contribution in [2.75, 3.05) is 0 Å². The van der Waals surface area contributed by atoms with E-state index < -0.39 is 5.41 Å². The summed E-state index contributed by atoms with van der Waals surface area (Å²) in [5, 5.41) is 0. The summed E-state index contributed by atoms with van der Waals surface area (Å²) in [6.45, 7) is 20.0. The number of allylic oxidation sites excluding steroid dienone is 3. The van der Waals surface area contributed by atoms with Crippen molar-refractivity contribution in [3.05, 3.63) is 22.5 Å². The van der Waals surface area contributed by atoms with Gasteiger partial charge in [-0.1, -0.05) is 72.6 Å². The topological polar surface area (TPSA) is 26.3 Å². The molecule has 2 heteroatoms. The number of rotatable bonds is 12. The number of carbonyl (C=O) groups excluding carboxylic acids is 1. The van der Waals surface area contributed by atoms with E-state index in [1.165, 1.54) is 56.9 Å². The van der Waals surface area contributed by atoms with Crippen LogP contribution in [0.3, 0.4) is 0 Å². The molecule has 1 heterocycles. The average molecular weight is 446 g/mol. The van der Waals surface area contributed by atoms with Gasteiger partial charge in [-0.25, -0.2) is 0 Å². The molecule has 0 saturated carbocycles. The van der Waals surface area contributed by atoms with E-state index in [-0.39, 0.29) is 11.4 Å². The quantitative estimate of drug-likeness (QED) is 0.280. The molecule has 0 aromatic heterocycles. The van der Waals surface area contributed by atoms with E-state index in [0.29, 0.717) is 0 Å². The van der Waals surface area contributed by atoms with Gasteiger partial charge < -0.3 is 4.74 Å². The Morgan fingerprint density at radius 2 is 1.34 bits per heavy atom. The first-order chi connectivity index (χ1) is 14.9. The number of ether oxygens (including phenoxy) is 1. The predicted octanol–water partition coefficient (Wildman–Crippen LogP) is 9.19. The summed E-state index contributed by atoms with van der Waals surface area (Å²) in [5.41, 5.74) is 2.65. The molecule has 0 aromatic rings. The molecule has 1 aliphatic heterocycles. The minimum Gasteiger partial charge on any atom is -0.487 e. The molecule has 2 rings (SSSR count). The zero-order valence-electron chi connectivity index (χ0n) is 22.8. The first-order valence-electron chi connectivity index (χ1n) is 13.5. The van der Waals surface area contributed by atoms with E-state index in [9.17, 15) is 4.79 Å². The Kier molecular flexibility index (Phi) is 9.68. The van der Waals surface area contributed by atoms with Crippen molar-refractivity contribution in [3.8, 4) is 0 Å². The molecule has 0 aromatic carbocycles. The van der Waals surface area contributed by atoms with Gasteiger partial charge in [0.05, 0.1) is 5.41 Å². The summed E-state index contributed by atoms with van der Waals surface area (Å²) in [6.07, 6.45) is 13.9. The summed E-state index contributed by atoms with van der Waals surface area (Å²) in [4.78, 5) is 12.8. The lowest BCUT2D eigenvalue weighted by Gasteiger charge is -2.44. The summed E-state index contributed by atoms with van der Waals surface area (Å²) in [7, 11) is 0. The van der Waals surface area contributed by atoms with E-state index in [1.807, 2.05) is 6.92 Å². The second-order valence-corrected chi connectivity index (χ2v) is 12.4. The minimum atomic E-state index is -0.416. The van der Waals surface area contributed by atoms with E-state index in [2.05, 4.69) is 55.4 Å². The van der Waals surface area contributed by atoms with Crippen molar-refractivity contribution in [1.29, 1.82) is 0 Å². The Morgan fingerprint density at radius 3 is 1.91 bits per heavy atom. The highest BCUT2D eigenvalue weighted by atomic mass is 16.5. The highest BCUT2D eigenvalue weighted by molar-refractivity contribution is 6.03. The number of Topliss-reactive ketones (excluding diaryl/α,β-unsaturated/α-hetero) is 1. The van der Waals surface area contributed by atoms with Crippen LogP contribution in [0.1, 0.15) is 133 Å². The van der Waals surface area contributed by atoms with Crippen LogP contribution in [0.15, 0.2) is 22.5 Å². The van der Waals surface area contributed by atoms with Crippen molar-refractivity contribution >= 4 is 5.78 Å². The van der Waals surface area contributed by atoms with Crippen LogP contribution in [-0.4, -0.2) is 11.4 Å². The SMILES string of the molecule is CC1=C([13CH3])C(=O)C(C)(C)C2=C1O[C@](C)(CCC[C@H](C)CCC[C@H](C)CCCC(C)C)CC2. The molecule has 2 nitrogen and oxygen atoms in total. The van der Waals surface area contributed by atoms with Gasteiger partial charge in [0.2, 0.25) is 0 Å². The molecule has 2 aliphatic rings. The predicted molar refractivity (Wildman–Crippen MR) is 138 cm³/mol. The molecule has 0 saturated heterocycles. The van der Waals surface area contributed by atoms with Crippen LogP contribution >= 0.6 is 0 Å². The Bertz CT molecular complexity index is 708. The van der Waals surface area contributed by atoms with Crippen molar-refractivity contribution in [3.63, 3.8) is 0 Å². The Labute approximate surface area is 199 Å². The first-order valence-corrected chi connectivity index (χ1v) is 13.5. The van der Waals surface area contributed by atoms with E-state index in [0.717, 1.165) is 53.9 Å². The number of carbonyl (C=O) groups is 1. The Balaban J connectivity index is 1.76. The lowest BCUT2D eigenvalue weighted by Crippen LogP contribution is -2.40. The standard InChI is InChI=1S/C30H52O2/c1-21(2)13-10-14-22(3)15-11-16-23(4)17-12-19-30(9)20-18-26-27(32-30)24(5)25(6)28(31)29(26,7)8/h21-23H,10-20H2,1-9H3/t22-,23-,30-/m1/s1/i6+1. The van der Waals surface area contributed by atoms with Gasteiger partial charge in [-0.2, -0.15) is 0 Å². The van der Waals surface area contributed by atoms with Gasteiger partial charge in [0.25, 0.3) is 0 Å². The Morgan fingerprint density at radius 1 is 0.812 bits per heavy atom. The van der Waals surface area contributed by atoms with Crippen molar-refractivity contribution < 1.29 is 9.53 Å².